The second kappa shape index (κ2) is 5.05. The Morgan fingerprint density at radius 1 is 1.42 bits per heavy atom. The Kier molecular flexibility index (Phi) is 3.25. The molecule has 2 heterocycles. The van der Waals surface area contributed by atoms with Crippen molar-refractivity contribution in [2.24, 2.45) is 0 Å². The third-order valence-corrected chi connectivity index (χ3v) is 3.68. The van der Waals surface area contributed by atoms with Crippen LogP contribution in [0.1, 0.15) is 17.9 Å². The zero-order valence-corrected chi connectivity index (χ0v) is 11.1. The van der Waals surface area contributed by atoms with Gasteiger partial charge in [0.1, 0.15) is 0 Å². The molecule has 1 atom stereocenters. The molecule has 1 aliphatic heterocycles. The summed E-state index contributed by atoms with van der Waals surface area (Å²) < 4.78 is 1.90. The lowest BCUT2D eigenvalue weighted by Gasteiger charge is -2.17. The second-order valence-corrected chi connectivity index (χ2v) is 5.15. The SMILES string of the molecule is O=C1C(c2cccc(Cl)c2)CCN1Cn1ccnc1. The molecular formula is C14H14ClN3O. The van der Waals surface area contributed by atoms with Crippen LogP contribution >= 0.6 is 11.6 Å². The minimum absolute atomic E-state index is 0.0674. The van der Waals surface area contributed by atoms with Crippen molar-refractivity contribution in [3.05, 3.63) is 53.6 Å². The first-order valence-electron chi connectivity index (χ1n) is 6.24. The average Bonchev–Trinajstić information content (AvgIpc) is 3.01. The number of carbonyl (C=O) groups excluding carboxylic acids is 1. The summed E-state index contributed by atoms with van der Waals surface area (Å²) in [6, 6.07) is 7.57. The fourth-order valence-electron chi connectivity index (χ4n) is 2.48. The highest BCUT2D eigenvalue weighted by Gasteiger charge is 2.32. The Balaban J connectivity index is 1.75. The molecular weight excluding hydrogens is 262 g/mol. The lowest BCUT2D eigenvalue weighted by molar-refractivity contribution is -0.130. The topological polar surface area (TPSA) is 38.1 Å². The van der Waals surface area contributed by atoms with Gasteiger partial charge < -0.3 is 9.47 Å². The number of benzene rings is 1. The van der Waals surface area contributed by atoms with E-state index in [4.69, 9.17) is 11.6 Å². The van der Waals surface area contributed by atoms with E-state index in [0.717, 1.165) is 18.5 Å². The minimum atomic E-state index is -0.0674. The molecule has 0 radical (unpaired) electrons. The normalized spacial score (nSPS) is 19.1. The van der Waals surface area contributed by atoms with Crippen LogP contribution in [-0.4, -0.2) is 26.9 Å². The van der Waals surface area contributed by atoms with Crippen molar-refractivity contribution in [2.45, 2.75) is 19.0 Å². The number of imidazole rings is 1. The van der Waals surface area contributed by atoms with E-state index >= 15 is 0 Å². The van der Waals surface area contributed by atoms with Crippen molar-refractivity contribution in [3.8, 4) is 0 Å². The molecule has 0 aliphatic carbocycles. The number of likely N-dealkylation sites (tertiary alicyclic amines) is 1. The van der Waals surface area contributed by atoms with Crippen LogP contribution < -0.4 is 0 Å². The standard InChI is InChI=1S/C14H14ClN3O/c15-12-3-1-2-11(8-12)13-4-6-18(14(13)19)10-17-7-5-16-9-17/h1-3,5,7-9,13H,4,6,10H2. The van der Waals surface area contributed by atoms with Gasteiger partial charge in [-0.1, -0.05) is 23.7 Å². The Labute approximate surface area is 116 Å². The Bertz CT molecular complexity index is 582. The van der Waals surface area contributed by atoms with Crippen molar-refractivity contribution in [2.75, 3.05) is 6.54 Å². The van der Waals surface area contributed by atoms with E-state index in [9.17, 15) is 4.79 Å². The van der Waals surface area contributed by atoms with Crippen LogP contribution in [0.4, 0.5) is 0 Å². The zero-order valence-electron chi connectivity index (χ0n) is 10.4. The molecule has 4 nitrogen and oxygen atoms in total. The van der Waals surface area contributed by atoms with Crippen LogP contribution in [0.2, 0.25) is 5.02 Å². The number of halogens is 1. The summed E-state index contributed by atoms with van der Waals surface area (Å²) in [4.78, 5) is 18.2. The lowest BCUT2D eigenvalue weighted by atomic mass is 9.98. The van der Waals surface area contributed by atoms with E-state index in [1.807, 2.05) is 39.9 Å². The lowest BCUT2D eigenvalue weighted by Crippen LogP contribution is -2.28. The smallest absolute Gasteiger partial charge is 0.231 e. The van der Waals surface area contributed by atoms with E-state index in [-0.39, 0.29) is 11.8 Å². The van der Waals surface area contributed by atoms with Gasteiger partial charge in [-0.2, -0.15) is 0 Å². The van der Waals surface area contributed by atoms with Crippen molar-refractivity contribution >= 4 is 17.5 Å². The van der Waals surface area contributed by atoms with E-state index in [0.29, 0.717) is 11.7 Å². The molecule has 2 aromatic rings. The molecule has 0 spiro atoms. The van der Waals surface area contributed by atoms with Crippen molar-refractivity contribution in [1.82, 2.24) is 14.5 Å². The average molecular weight is 276 g/mol. The predicted octanol–water partition coefficient (Wildman–Crippen LogP) is 2.51. The van der Waals surface area contributed by atoms with Crippen LogP contribution in [0.3, 0.4) is 0 Å². The zero-order chi connectivity index (χ0) is 13.2. The van der Waals surface area contributed by atoms with E-state index in [1.165, 1.54) is 0 Å². The van der Waals surface area contributed by atoms with Gasteiger partial charge in [0.2, 0.25) is 5.91 Å². The van der Waals surface area contributed by atoms with Gasteiger partial charge in [0.25, 0.3) is 0 Å². The predicted molar refractivity (Wildman–Crippen MR) is 72.8 cm³/mol. The molecule has 5 heteroatoms. The maximum atomic E-state index is 12.4. The van der Waals surface area contributed by atoms with Gasteiger partial charge in [-0.05, 0) is 24.1 Å². The van der Waals surface area contributed by atoms with E-state index in [1.54, 1.807) is 12.5 Å². The Morgan fingerprint density at radius 3 is 3.05 bits per heavy atom. The fourth-order valence-corrected chi connectivity index (χ4v) is 2.68. The highest BCUT2D eigenvalue weighted by Crippen LogP contribution is 2.30. The summed E-state index contributed by atoms with van der Waals surface area (Å²) in [5.41, 5.74) is 1.01. The molecule has 1 aromatic heterocycles. The molecule has 98 valence electrons. The van der Waals surface area contributed by atoms with Crippen molar-refractivity contribution in [1.29, 1.82) is 0 Å². The van der Waals surface area contributed by atoms with Gasteiger partial charge in [0.05, 0.1) is 18.9 Å². The van der Waals surface area contributed by atoms with Crippen LogP contribution in [0.5, 0.6) is 0 Å². The summed E-state index contributed by atoms with van der Waals surface area (Å²) >= 11 is 5.99. The highest BCUT2D eigenvalue weighted by atomic mass is 35.5. The Hall–Kier alpha value is -1.81. The summed E-state index contributed by atoms with van der Waals surface area (Å²) in [6.07, 6.45) is 6.14. The third-order valence-electron chi connectivity index (χ3n) is 3.44. The molecule has 3 rings (SSSR count). The van der Waals surface area contributed by atoms with Gasteiger partial charge in [0, 0.05) is 24.0 Å². The number of hydrogen-bond donors (Lipinski definition) is 0. The molecule has 19 heavy (non-hydrogen) atoms. The first kappa shape index (κ1) is 12.2. The van der Waals surface area contributed by atoms with E-state index < -0.39 is 0 Å². The molecule has 1 amide bonds. The van der Waals surface area contributed by atoms with Crippen LogP contribution in [-0.2, 0) is 11.5 Å². The number of rotatable bonds is 3. The van der Waals surface area contributed by atoms with Gasteiger partial charge in [0.15, 0.2) is 0 Å². The second-order valence-electron chi connectivity index (χ2n) is 4.72. The van der Waals surface area contributed by atoms with Gasteiger partial charge >= 0.3 is 0 Å². The number of carbonyl (C=O) groups is 1. The minimum Gasteiger partial charge on any atom is -0.324 e. The van der Waals surface area contributed by atoms with E-state index in [2.05, 4.69) is 4.98 Å². The molecule has 1 unspecified atom stereocenters. The number of hydrogen-bond acceptors (Lipinski definition) is 2. The summed E-state index contributed by atoms with van der Waals surface area (Å²) in [5, 5.41) is 0.679. The summed E-state index contributed by atoms with van der Waals surface area (Å²) in [7, 11) is 0. The monoisotopic (exact) mass is 275 g/mol. The first-order chi connectivity index (χ1) is 9.24. The quantitative estimate of drug-likeness (QED) is 0.863. The first-order valence-corrected chi connectivity index (χ1v) is 6.62. The Morgan fingerprint density at radius 2 is 2.32 bits per heavy atom. The molecule has 0 N–H and O–H groups in total. The van der Waals surface area contributed by atoms with Crippen LogP contribution in [0.25, 0.3) is 0 Å². The highest BCUT2D eigenvalue weighted by molar-refractivity contribution is 6.30. The number of amides is 1. The van der Waals surface area contributed by atoms with Gasteiger partial charge in [-0.25, -0.2) is 4.98 Å². The van der Waals surface area contributed by atoms with Crippen molar-refractivity contribution in [3.63, 3.8) is 0 Å². The molecule has 1 saturated heterocycles. The number of aromatic nitrogens is 2. The summed E-state index contributed by atoms with van der Waals surface area (Å²) in [5.74, 6) is 0.0955. The molecule has 0 bridgehead atoms. The maximum Gasteiger partial charge on any atom is 0.231 e. The molecule has 1 aromatic carbocycles. The van der Waals surface area contributed by atoms with Crippen molar-refractivity contribution < 1.29 is 4.79 Å². The fraction of sp³-hybridized carbons (Fsp3) is 0.286. The van der Waals surface area contributed by atoms with Crippen LogP contribution in [0.15, 0.2) is 43.0 Å². The summed E-state index contributed by atoms with van der Waals surface area (Å²) in [6.45, 7) is 1.34. The molecule has 0 saturated carbocycles. The molecule has 1 fully saturated rings. The third kappa shape index (κ3) is 2.49. The van der Waals surface area contributed by atoms with Crippen LogP contribution in [0, 0.1) is 0 Å². The molecule has 1 aliphatic rings. The maximum absolute atomic E-state index is 12.4. The number of nitrogens with zero attached hydrogens (tertiary/aromatic N) is 3. The largest absolute Gasteiger partial charge is 0.324 e. The van der Waals surface area contributed by atoms with Gasteiger partial charge in [-0.3, -0.25) is 4.79 Å². The van der Waals surface area contributed by atoms with Gasteiger partial charge in [-0.15, -0.1) is 0 Å².